The summed E-state index contributed by atoms with van der Waals surface area (Å²) in [6.07, 6.45) is 2.81. The number of nitrogens with one attached hydrogen (secondary N) is 2. The molecule has 3 N–H and O–H groups in total. The lowest BCUT2D eigenvalue weighted by Crippen LogP contribution is -2.53. The smallest absolute Gasteiger partial charge is 0.307 e. The van der Waals surface area contributed by atoms with Gasteiger partial charge in [-0.3, -0.25) is 9.59 Å². The number of hydrogen-bond donors (Lipinski definition) is 3. The lowest BCUT2D eigenvalue weighted by Gasteiger charge is -2.38. The van der Waals surface area contributed by atoms with Crippen molar-refractivity contribution in [3.8, 4) is 0 Å². The maximum absolute atomic E-state index is 13.7. The highest BCUT2D eigenvalue weighted by Crippen LogP contribution is 2.25. The standard InChI is InChI=1S/C23H39N5O4/c1-15(2)14-28(17-10-16(21(30)31)11-24-12-17)20(29)18-13-26-22(23(3,4)5)27-19(18)25-8-7-9-32-6/h13,15-17,24H,7-12,14H2,1-6H3,(H,30,31)(H,25,26,27)/t16-,17+/m1/s1. The monoisotopic (exact) mass is 449 g/mol. The number of carboxylic acids is 1. The van der Waals surface area contributed by atoms with Gasteiger partial charge in [0.15, 0.2) is 0 Å². The number of piperidine rings is 1. The first-order chi connectivity index (χ1) is 15.0. The number of carbonyl (C=O) groups is 2. The van der Waals surface area contributed by atoms with Crippen LogP contribution in [0.3, 0.4) is 0 Å². The second-order valence-corrected chi connectivity index (χ2v) is 9.91. The molecular weight excluding hydrogens is 410 g/mol. The van der Waals surface area contributed by atoms with Gasteiger partial charge in [0.25, 0.3) is 5.91 Å². The van der Waals surface area contributed by atoms with Crippen molar-refractivity contribution in [2.45, 2.75) is 58.9 Å². The Morgan fingerprint density at radius 2 is 2.06 bits per heavy atom. The topological polar surface area (TPSA) is 117 Å². The Bertz CT molecular complexity index is 778. The molecule has 180 valence electrons. The Balaban J connectivity index is 2.36. The van der Waals surface area contributed by atoms with E-state index < -0.39 is 11.9 Å². The predicted octanol–water partition coefficient (Wildman–Crippen LogP) is 2.38. The zero-order valence-electron chi connectivity index (χ0n) is 20.3. The molecule has 2 atom stereocenters. The Morgan fingerprint density at radius 1 is 1.34 bits per heavy atom. The zero-order chi connectivity index (χ0) is 23.9. The molecule has 1 aliphatic heterocycles. The summed E-state index contributed by atoms with van der Waals surface area (Å²) in [5.41, 5.74) is 0.151. The molecule has 1 saturated heterocycles. The second kappa shape index (κ2) is 11.6. The molecule has 1 aromatic rings. The highest BCUT2D eigenvalue weighted by Gasteiger charge is 2.34. The summed E-state index contributed by atoms with van der Waals surface area (Å²) < 4.78 is 5.12. The van der Waals surface area contributed by atoms with Crippen LogP contribution in [0.25, 0.3) is 0 Å². The van der Waals surface area contributed by atoms with Gasteiger partial charge in [-0.2, -0.15) is 0 Å². The number of ether oxygens (including phenoxy) is 1. The van der Waals surface area contributed by atoms with Gasteiger partial charge in [-0.25, -0.2) is 9.97 Å². The zero-order valence-corrected chi connectivity index (χ0v) is 20.3. The van der Waals surface area contributed by atoms with Crippen LogP contribution in [0.4, 0.5) is 5.82 Å². The van der Waals surface area contributed by atoms with Crippen LogP contribution >= 0.6 is 0 Å². The molecule has 9 nitrogen and oxygen atoms in total. The third-order valence-electron chi connectivity index (χ3n) is 5.45. The summed E-state index contributed by atoms with van der Waals surface area (Å²) in [7, 11) is 1.66. The van der Waals surface area contributed by atoms with Crippen molar-refractivity contribution in [3.05, 3.63) is 17.6 Å². The number of hydrogen-bond acceptors (Lipinski definition) is 7. The number of carboxylic acid groups (broad SMARTS) is 1. The third-order valence-corrected chi connectivity index (χ3v) is 5.45. The molecule has 1 amide bonds. The molecule has 1 aromatic heterocycles. The molecule has 32 heavy (non-hydrogen) atoms. The fraction of sp³-hybridized carbons (Fsp3) is 0.739. The molecule has 9 heteroatoms. The lowest BCUT2D eigenvalue weighted by molar-refractivity contribution is -0.142. The number of nitrogens with zero attached hydrogens (tertiary/aromatic N) is 3. The molecule has 0 saturated carbocycles. The minimum absolute atomic E-state index is 0.175. The quantitative estimate of drug-likeness (QED) is 0.466. The molecule has 1 fully saturated rings. The van der Waals surface area contributed by atoms with Crippen LogP contribution in [0.15, 0.2) is 6.20 Å². The number of amides is 1. The van der Waals surface area contributed by atoms with Crippen molar-refractivity contribution in [1.29, 1.82) is 0 Å². The van der Waals surface area contributed by atoms with Crippen LogP contribution in [0.1, 0.15) is 63.6 Å². The van der Waals surface area contributed by atoms with Crippen LogP contribution < -0.4 is 10.6 Å². The molecule has 0 radical (unpaired) electrons. The first kappa shape index (κ1) is 26.0. The van der Waals surface area contributed by atoms with E-state index in [1.54, 1.807) is 18.2 Å². The lowest BCUT2D eigenvalue weighted by atomic mass is 9.93. The third kappa shape index (κ3) is 7.13. The average molecular weight is 450 g/mol. The number of aromatic nitrogens is 2. The summed E-state index contributed by atoms with van der Waals surface area (Å²) in [5.74, 6) is -0.120. The summed E-state index contributed by atoms with van der Waals surface area (Å²) in [6.45, 7) is 12.9. The van der Waals surface area contributed by atoms with Gasteiger partial charge >= 0.3 is 5.97 Å². The van der Waals surface area contributed by atoms with Gasteiger partial charge in [-0.05, 0) is 18.8 Å². The van der Waals surface area contributed by atoms with E-state index in [2.05, 4.69) is 15.6 Å². The van der Waals surface area contributed by atoms with E-state index in [0.717, 1.165) is 6.42 Å². The average Bonchev–Trinajstić information content (AvgIpc) is 2.73. The Hall–Kier alpha value is -2.26. The fourth-order valence-electron chi connectivity index (χ4n) is 3.75. The van der Waals surface area contributed by atoms with E-state index in [1.807, 2.05) is 34.6 Å². The highest BCUT2D eigenvalue weighted by molar-refractivity contribution is 5.98. The summed E-state index contributed by atoms with van der Waals surface area (Å²) in [4.78, 5) is 36.3. The van der Waals surface area contributed by atoms with Crippen molar-refractivity contribution in [2.75, 3.05) is 45.2 Å². The normalized spacial score (nSPS) is 19.1. The van der Waals surface area contributed by atoms with E-state index in [1.165, 1.54) is 0 Å². The van der Waals surface area contributed by atoms with Crippen molar-refractivity contribution >= 4 is 17.7 Å². The van der Waals surface area contributed by atoms with E-state index in [4.69, 9.17) is 9.72 Å². The highest BCUT2D eigenvalue weighted by atomic mass is 16.5. The van der Waals surface area contributed by atoms with Gasteiger partial charge in [0.1, 0.15) is 17.2 Å². The number of aliphatic carboxylic acids is 1. The van der Waals surface area contributed by atoms with Crippen LogP contribution in [0, 0.1) is 11.8 Å². The molecule has 2 rings (SSSR count). The van der Waals surface area contributed by atoms with Crippen molar-refractivity contribution in [1.82, 2.24) is 20.2 Å². The van der Waals surface area contributed by atoms with Crippen LogP contribution in [-0.2, 0) is 14.9 Å². The van der Waals surface area contributed by atoms with Crippen LogP contribution in [0.5, 0.6) is 0 Å². The second-order valence-electron chi connectivity index (χ2n) is 9.91. The number of methoxy groups -OCH3 is 1. The van der Waals surface area contributed by atoms with Gasteiger partial charge in [-0.1, -0.05) is 34.6 Å². The Kier molecular flexibility index (Phi) is 9.39. The van der Waals surface area contributed by atoms with E-state index in [0.29, 0.717) is 56.4 Å². The van der Waals surface area contributed by atoms with Crippen LogP contribution in [-0.4, -0.2) is 77.8 Å². The van der Waals surface area contributed by atoms with Gasteiger partial charge in [0.05, 0.1) is 5.92 Å². The largest absolute Gasteiger partial charge is 0.481 e. The first-order valence-electron chi connectivity index (χ1n) is 11.4. The minimum Gasteiger partial charge on any atom is -0.481 e. The molecule has 0 unspecified atom stereocenters. The first-order valence-corrected chi connectivity index (χ1v) is 11.4. The van der Waals surface area contributed by atoms with Crippen molar-refractivity contribution < 1.29 is 19.4 Å². The molecule has 0 spiro atoms. The van der Waals surface area contributed by atoms with Crippen LogP contribution in [0.2, 0.25) is 0 Å². The van der Waals surface area contributed by atoms with Crippen molar-refractivity contribution in [3.63, 3.8) is 0 Å². The predicted molar refractivity (Wildman–Crippen MR) is 124 cm³/mol. The molecule has 1 aliphatic rings. The maximum atomic E-state index is 13.7. The van der Waals surface area contributed by atoms with E-state index in [-0.39, 0.29) is 23.3 Å². The van der Waals surface area contributed by atoms with Gasteiger partial charge in [-0.15, -0.1) is 0 Å². The summed E-state index contributed by atoms with van der Waals surface area (Å²) in [5, 5.41) is 16.0. The molecule has 0 bridgehead atoms. The molecule has 2 heterocycles. The van der Waals surface area contributed by atoms with Gasteiger partial charge in [0.2, 0.25) is 0 Å². The molecular formula is C23H39N5O4. The van der Waals surface area contributed by atoms with Gasteiger partial charge < -0.3 is 25.4 Å². The summed E-state index contributed by atoms with van der Waals surface area (Å²) >= 11 is 0. The number of anilines is 1. The maximum Gasteiger partial charge on any atom is 0.307 e. The van der Waals surface area contributed by atoms with E-state index in [9.17, 15) is 14.7 Å². The number of rotatable bonds is 10. The molecule has 0 aliphatic carbocycles. The Labute approximate surface area is 191 Å². The van der Waals surface area contributed by atoms with Gasteiger partial charge in [0, 0.05) is 57.5 Å². The number of carbonyl (C=O) groups excluding carboxylic acids is 1. The summed E-state index contributed by atoms with van der Waals surface area (Å²) in [6, 6.07) is -0.205. The minimum atomic E-state index is -0.836. The van der Waals surface area contributed by atoms with Crippen molar-refractivity contribution in [2.24, 2.45) is 11.8 Å². The van der Waals surface area contributed by atoms with E-state index >= 15 is 0 Å². The SMILES string of the molecule is COCCCNc1nc(C(C)(C)C)ncc1C(=O)N(CC(C)C)[C@@H]1CNC[C@H](C(=O)O)C1. The molecule has 0 aromatic carbocycles. The fourth-order valence-corrected chi connectivity index (χ4v) is 3.75. The Morgan fingerprint density at radius 3 is 2.66 bits per heavy atom.